The number of rotatable bonds is 4. The molecule has 0 atom stereocenters. The minimum absolute atomic E-state index is 0.132. The molecule has 1 rings (SSSR count). The second kappa shape index (κ2) is 7.06. The van der Waals surface area contributed by atoms with Crippen LogP contribution in [0.15, 0.2) is 24.3 Å². The number of hydrogen-bond donors (Lipinski definition) is 1. The van der Waals surface area contributed by atoms with Gasteiger partial charge in [-0.05, 0) is 45.0 Å². The highest BCUT2D eigenvalue weighted by Crippen LogP contribution is 2.13. The molecule has 0 unspecified atom stereocenters. The second-order valence-corrected chi connectivity index (χ2v) is 5.61. The van der Waals surface area contributed by atoms with Gasteiger partial charge in [-0.3, -0.25) is 4.79 Å². The number of hydrogen-bond acceptors (Lipinski definition) is 3. The maximum atomic E-state index is 12.8. The molecule has 21 heavy (non-hydrogen) atoms. The van der Waals surface area contributed by atoms with Gasteiger partial charge >= 0.3 is 6.09 Å². The number of carbonyl (C=O) groups is 2. The maximum Gasteiger partial charge on any atom is 0.407 e. The fraction of sp³-hybridized carbons (Fsp3) is 0.467. The van der Waals surface area contributed by atoms with Gasteiger partial charge in [-0.2, -0.15) is 0 Å². The summed E-state index contributed by atoms with van der Waals surface area (Å²) >= 11 is 0. The van der Waals surface area contributed by atoms with Gasteiger partial charge in [0.05, 0.1) is 0 Å². The first-order valence-electron chi connectivity index (χ1n) is 6.68. The minimum atomic E-state index is -0.570. The van der Waals surface area contributed by atoms with Crippen molar-refractivity contribution in [1.82, 2.24) is 5.32 Å². The lowest BCUT2D eigenvalue weighted by molar-refractivity contribution is -0.118. The van der Waals surface area contributed by atoms with Gasteiger partial charge in [-0.1, -0.05) is 0 Å². The van der Waals surface area contributed by atoms with E-state index in [1.54, 1.807) is 27.8 Å². The molecule has 6 heteroatoms. The van der Waals surface area contributed by atoms with Crippen LogP contribution in [0.25, 0.3) is 0 Å². The monoisotopic (exact) mass is 296 g/mol. The van der Waals surface area contributed by atoms with Crippen LogP contribution >= 0.6 is 0 Å². The van der Waals surface area contributed by atoms with E-state index < -0.39 is 11.7 Å². The average molecular weight is 296 g/mol. The molecule has 0 saturated carbocycles. The molecule has 0 aliphatic rings. The number of nitrogens with one attached hydrogen (secondary N) is 1. The number of carbonyl (C=O) groups excluding carboxylic acids is 2. The highest BCUT2D eigenvalue weighted by molar-refractivity contribution is 5.93. The Morgan fingerprint density at radius 3 is 2.33 bits per heavy atom. The van der Waals surface area contributed by atoms with Gasteiger partial charge in [-0.25, -0.2) is 9.18 Å². The molecule has 0 heterocycles. The summed E-state index contributed by atoms with van der Waals surface area (Å²) in [6.45, 7) is 5.47. The molecular weight excluding hydrogens is 275 g/mol. The van der Waals surface area contributed by atoms with Gasteiger partial charge in [0.25, 0.3) is 0 Å². The van der Waals surface area contributed by atoms with E-state index in [9.17, 15) is 14.0 Å². The molecule has 0 aliphatic carbocycles. The molecule has 1 aromatic rings. The molecule has 5 nitrogen and oxygen atoms in total. The van der Waals surface area contributed by atoms with Crippen LogP contribution in [-0.4, -0.2) is 31.2 Å². The van der Waals surface area contributed by atoms with Crippen LogP contribution in [0.5, 0.6) is 0 Å². The molecule has 0 bridgehead atoms. The molecule has 0 aromatic heterocycles. The van der Waals surface area contributed by atoms with Crippen LogP contribution in [0.1, 0.15) is 27.2 Å². The molecular formula is C15H21FN2O3. The number of nitrogens with zero attached hydrogens (tertiary/aromatic N) is 1. The highest BCUT2D eigenvalue weighted by atomic mass is 19.1. The van der Waals surface area contributed by atoms with Gasteiger partial charge in [0.15, 0.2) is 0 Å². The number of alkyl carbamates (subject to hydrolysis) is 1. The van der Waals surface area contributed by atoms with Crippen molar-refractivity contribution in [1.29, 1.82) is 0 Å². The normalized spacial score (nSPS) is 10.9. The van der Waals surface area contributed by atoms with Crippen LogP contribution in [0.2, 0.25) is 0 Å². The summed E-state index contributed by atoms with van der Waals surface area (Å²) in [5.74, 6) is -0.538. The lowest BCUT2D eigenvalue weighted by Crippen LogP contribution is -2.35. The lowest BCUT2D eigenvalue weighted by atomic mass is 10.2. The van der Waals surface area contributed by atoms with E-state index in [-0.39, 0.29) is 24.7 Å². The predicted molar refractivity (Wildman–Crippen MR) is 78.7 cm³/mol. The zero-order valence-electron chi connectivity index (χ0n) is 12.8. The predicted octanol–water partition coefficient (Wildman–Crippen LogP) is 2.70. The van der Waals surface area contributed by atoms with E-state index in [0.717, 1.165) is 0 Å². The van der Waals surface area contributed by atoms with Crippen molar-refractivity contribution in [2.75, 3.05) is 18.5 Å². The van der Waals surface area contributed by atoms with Gasteiger partial charge in [0.2, 0.25) is 5.91 Å². The average Bonchev–Trinajstić information content (AvgIpc) is 2.36. The van der Waals surface area contributed by atoms with E-state index >= 15 is 0 Å². The van der Waals surface area contributed by atoms with E-state index in [4.69, 9.17) is 4.74 Å². The highest BCUT2D eigenvalue weighted by Gasteiger charge is 2.16. The molecule has 116 valence electrons. The molecule has 1 N–H and O–H groups in total. The van der Waals surface area contributed by atoms with E-state index in [2.05, 4.69) is 5.32 Å². The molecule has 0 aliphatic heterocycles. The molecule has 0 radical (unpaired) electrons. The first kappa shape index (κ1) is 16.9. The van der Waals surface area contributed by atoms with Crippen LogP contribution in [0, 0.1) is 5.82 Å². The fourth-order valence-electron chi connectivity index (χ4n) is 1.56. The first-order chi connectivity index (χ1) is 9.69. The van der Waals surface area contributed by atoms with Gasteiger partial charge in [-0.15, -0.1) is 0 Å². The number of ether oxygens (including phenoxy) is 1. The Balaban J connectivity index is 2.40. The summed E-state index contributed by atoms with van der Waals surface area (Å²) in [7, 11) is 1.60. The molecule has 2 amide bonds. The molecule has 0 fully saturated rings. The summed E-state index contributed by atoms with van der Waals surface area (Å²) in [5.41, 5.74) is 0.0255. The maximum absolute atomic E-state index is 12.8. The fourth-order valence-corrected chi connectivity index (χ4v) is 1.56. The van der Waals surface area contributed by atoms with Crippen molar-refractivity contribution < 1.29 is 18.7 Å². The molecule has 1 aromatic carbocycles. The van der Waals surface area contributed by atoms with E-state index in [0.29, 0.717) is 5.69 Å². The van der Waals surface area contributed by atoms with Crippen molar-refractivity contribution in [3.05, 3.63) is 30.1 Å². The number of halogens is 1. The third kappa shape index (κ3) is 6.25. The number of benzene rings is 1. The Labute approximate surface area is 124 Å². The van der Waals surface area contributed by atoms with Crippen molar-refractivity contribution >= 4 is 17.7 Å². The minimum Gasteiger partial charge on any atom is -0.444 e. The molecule has 0 spiro atoms. The first-order valence-corrected chi connectivity index (χ1v) is 6.68. The summed E-state index contributed by atoms with van der Waals surface area (Å²) in [6.07, 6.45) is -0.424. The Bertz CT molecular complexity index is 495. The second-order valence-electron chi connectivity index (χ2n) is 5.61. The van der Waals surface area contributed by atoms with Crippen LogP contribution < -0.4 is 10.2 Å². The topological polar surface area (TPSA) is 58.6 Å². The summed E-state index contributed by atoms with van der Waals surface area (Å²) < 4.78 is 17.9. The Kier molecular flexibility index (Phi) is 5.69. The Morgan fingerprint density at radius 1 is 1.24 bits per heavy atom. The van der Waals surface area contributed by atoms with Crippen molar-refractivity contribution in [2.45, 2.75) is 32.8 Å². The van der Waals surface area contributed by atoms with Gasteiger partial charge in [0.1, 0.15) is 11.4 Å². The third-order valence-corrected chi connectivity index (χ3v) is 2.60. The Morgan fingerprint density at radius 2 is 1.81 bits per heavy atom. The van der Waals surface area contributed by atoms with Crippen LogP contribution in [0.4, 0.5) is 14.9 Å². The van der Waals surface area contributed by atoms with E-state index in [1.165, 1.54) is 29.2 Å². The smallest absolute Gasteiger partial charge is 0.407 e. The van der Waals surface area contributed by atoms with Gasteiger partial charge < -0.3 is 15.0 Å². The number of anilines is 1. The SMILES string of the molecule is CN(C(=O)CCNC(=O)OC(C)(C)C)c1ccc(F)cc1. The zero-order valence-corrected chi connectivity index (χ0v) is 12.8. The van der Waals surface area contributed by atoms with Crippen molar-refractivity contribution in [3.63, 3.8) is 0 Å². The Hall–Kier alpha value is -2.11. The number of amides is 2. The van der Waals surface area contributed by atoms with Crippen molar-refractivity contribution in [3.8, 4) is 0 Å². The van der Waals surface area contributed by atoms with Crippen molar-refractivity contribution in [2.24, 2.45) is 0 Å². The standard InChI is InChI=1S/C15H21FN2O3/c1-15(2,3)21-14(20)17-10-9-13(19)18(4)12-7-5-11(16)6-8-12/h5-8H,9-10H2,1-4H3,(H,17,20). The summed E-state index contributed by atoms with van der Waals surface area (Å²) in [5, 5.41) is 2.52. The largest absolute Gasteiger partial charge is 0.444 e. The summed E-state index contributed by atoms with van der Waals surface area (Å²) in [4.78, 5) is 24.8. The van der Waals surface area contributed by atoms with Crippen LogP contribution in [-0.2, 0) is 9.53 Å². The van der Waals surface area contributed by atoms with Gasteiger partial charge in [0, 0.05) is 25.7 Å². The third-order valence-electron chi connectivity index (χ3n) is 2.60. The van der Waals surface area contributed by atoms with Crippen LogP contribution in [0.3, 0.4) is 0 Å². The lowest BCUT2D eigenvalue weighted by Gasteiger charge is -2.20. The van der Waals surface area contributed by atoms with E-state index in [1.807, 2.05) is 0 Å². The summed E-state index contributed by atoms with van der Waals surface area (Å²) in [6, 6.07) is 5.62. The zero-order chi connectivity index (χ0) is 16.0. The molecule has 0 saturated heterocycles. The quantitative estimate of drug-likeness (QED) is 0.929.